The van der Waals surface area contributed by atoms with Gasteiger partial charge in [0.25, 0.3) is 5.91 Å². The largest absolute Gasteiger partial charge is 1.00 e. The van der Waals surface area contributed by atoms with E-state index in [1.165, 1.54) is 57.0 Å². The molecule has 0 saturated carbocycles. The zero-order valence-corrected chi connectivity index (χ0v) is 18.2. The third-order valence-electron chi connectivity index (χ3n) is 4.36. The Hall–Kier alpha value is -0.600. The first-order chi connectivity index (χ1) is 11.4. The summed E-state index contributed by atoms with van der Waals surface area (Å²) in [7, 11) is -1.06. The van der Waals surface area contributed by atoms with Crippen LogP contribution in [-0.2, 0) is 9.53 Å². The molecule has 0 rings (SSSR count). The Morgan fingerprint density at radius 3 is 1.72 bits per heavy atom. The standard InChI is InChI=1S/C19H36NO3P.ClH/c1-6-9-13-24(14-10-7-2,15-11-8-3)16-12-23-19(22)20-18(21)17(4)5;/h4,6-16H2,1-3,5H3;1H. The number of hydrogen-bond donors (Lipinski definition) is 1. The van der Waals surface area contributed by atoms with Crippen LogP contribution in [0.25, 0.3) is 0 Å². The van der Waals surface area contributed by atoms with Crippen LogP contribution in [0.4, 0.5) is 4.79 Å². The first-order valence-corrected chi connectivity index (χ1v) is 11.9. The number of unbranched alkanes of at least 4 members (excludes halogenated alkanes) is 3. The Morgan fingerprint density at radius 2 is 1.36 bits per heavy atom. The SMILES string of the molecule is C=C(C)C(=O)NC(=O)OCC[P+](CCCC)(CCCC)CCCC.[Cl-]. The lowest BCUT2D eigenvalue weighted by molar-refractivity contribution is -0.116. The number of alkyl carbamates (subject to hydrolysis) is 1. The second kappa shape index (κ2) is 15.6. The molecule has 0 fully saturated rings. The summed E-state index contributed by atoms with van der Waals surface area (Å²) in [5.41, 5.74) is 0.308. The number of imide groups is 1. The van der Waals surface area contributed by atoms with Gasteiger partial charge in [-0.3, -0.25) is 10.1 Å². The van der Waals surface area contributed by atoms with Gasteiger partial charge in [0.2, 0.25) is 0 Å². The van der Waals surface area contributed by atoms with Gasteiger partial charge in [-0.1, -0.05) is 46.6 Å². The van der Waals surface area contributed by atoms with Gasteiger partial charge in [0, 0.05) is 12.8 Å². The van der Waals surface area contributed by atoms with Crippen LogP contribution >= 0.6 is 7.26 Å². The van der Waals surface area contributed by atoms with E-state index in [4.69, 9.17) is 4.74 Å². The van der Waals surface area contributed by atoms with Gasteiger partial charge in [-0.05, 0) is 26.2 Å². The molecule has 1 N–H and O–H groups in total. The minimum absolute atomic E-state index is 0. The number of halogens is 1. The predicted molar refractivity (Wildman–Crippen MR) is 105 cm³/mol. The Kier molecular flexibility index (Phi) is 16.7. The van der Waals surface area contributed by atoms with Crippen molar-refractivity contribution in [3.8, 4) is 0 Å². The summed E-state index contributed by atoms with van der Waals surface area (Å²) in [6.07, 6.45) is 11.7. The fourth-order valence-corrected chi connectivity index (χ4v) is 7.50. The molecule has 0 unspecified atom stereocenters. The summed E-state index contributed by atoms with van der Waals surface area (Å²) in [6, 6.07) is 0. The molecule has 0 aliphatic heterocycles. The van der Waals surface area contributed by atoms with Crippen LogP contribution in [0, 0.1) is 0 Å². The van der Waals surface area contributed by atoms with E-state index in [1.807, 2.05) is 0 Å². The first kappa shape index (κ1) is 26.6. The minimum atomic E-state index is -1.06. The Bertz CT molecular complexity index is 380. The Morgan fingerprint density at radius 1 is 0.920 bits per heavy atom. The third-order valence-corrected chi connectivity index (χ3v) is 9.29. The number of carbonyl (C=O) groups is 2. The van der Waals surface area contributed by atoms with Crippen molar-refractivity contribution in [2.45, 2.75) is 66.2 Å². The molecule has 25 heavy (non-hydrogen) atoms. The van der Waals surface area contributed by atoms with E-state index in [2.05, 4.69) is 32.7 Å². The molecule has 0 aromatic heterocycles. The molecule has 0 aromatic rings. The maximum absolute atomic E-state index is 11.7. The van der Waals surface area contributed by atoms with E-state index in [-0.39, 0.29) is 12.4 Å². The van der Waals surface area contributed by atoms with Crippen LogP contribution in [0.15, 0.2) is 12.2 Å². The highest BCUT2D eigenvalue weighted by molar-refractivity contribution is 7.75. The van der Waals surface area contributed by atoms with Crippen LogP contribution in [0.5, 0.6) is 0 Å². The van der Waals surface area contributed by atoms with E-state index in [9.17, 15) is 9.59 Å². The molecule has 0 aromatic carbocycles. The Balaban J connectivity index is 0. The van der Waals surface area contributed by atoms with Crippen LogP contribution in [0.3, 0.4) is 0 Å². The van der Waals surface area contributed by atoms with Gasteiger partial charge in [-0.15, -0.1) is 0 Å². The van der Waals surface area contributed by atoms with Crippen molar-refractivity contribution in [1.29, 1.82) is 0 Å². The maximum Gasteiger partial charge on any atom is 0.414 e. The average Bonchev–Trinajstić information content (AvgIpc) is 2.55. The fourth-order valence-electron chi connectivity index (χ4n) is 2.72. The molecule has 4 nitrogen and oxygen atoms in total. The second-order valence-electron chi connectivity index (χ2n) is 6.67. The molecule has 0 radical (unpaired) electrons. The topological polar surface area (TPSA) is 55.4 Å². The number of hydrogen-bond acceptors (Lipinski definition) is 3. The maximum atomic E-state index is 11.7. The predicted octanol–water partition coefficient (Wildman–Crippen LogP) is 2.24. The molecule has 6 heteroatoms. The second-order valence-corrected chi connectivity index (χ2v) is 11.1. The average molecular weight is 394 g/mol. The number of ether oxygens (including phenoxy) is 1. The van der Waals surface area contributed by atoms with Gasteiger partial charge in [-0.25, -0.2) is 4.79 Å². The molecule has 148 valence electrons. The van der Waals surface area contributed by atoms with Crippen molar-refractivity contribution in [3.05, 3.63) is 12.2 Å². The molecule has 0 heterocycles. The lowest BCUT2D eigenvalue weighted by Gasteiger charge is -2.27. The van der Waals surface area contributed by atoms with Crippen molar-refractivity contribution < 1.29 is 26.7 Å². The van der Waals surface area contributed by atoms with Gasteiger partial charge in [0.05, 0.1) is 24.6 Å². The van der Waals surface area contributed by atoms with Crippen molar-refractivity contribution in [3.63, 3.8) is 0 Å². The van der Waals surface area contributed by atoms with E-state index < -0.39 is 19.3 Å². The zero-order valence-electron chi connectivity index (χ0n) is 16.5. The fraction of sp³-hybridized carbons (Fsp3) is 0.789. The number of amides is 2. The van der Waals surface area contributed by atoms with Crippen LogP contribution in [0.2, 0.25) is 0 Å². The van der Waals surface area contributed by atoms with Crippen LogP contribution in [0.1, 0.15) is 66.2 Å². The van der Waals surface area contributed by atoms with E-state index in [1.54, 1.807) is 6.92 Å². The van der Waals surface area contributed by atoms with Gasteiger partial charge < -0.3 is 17.1 Å². The molecule has 0 spiro atoms. The molecule has 2 amide bonds. The third kappa shape index (κ3) is 12.4. The molecule has 0 atom stereocenters. The highest BCUT2D eigenvalue weighted by atomic mass is 35.5. The molecule has 0 aliphatic rings. The monoisotopic (exact) mass is 393 g/mol. The summed E-state index contributed by atoms with van der Waals surface area (Å²) >= 11 is 0. The number of nitrogens with one attached hydrogen (secondary N) is 1. The Labute approximate surface area is 161 Å². The van der Waals surface area contributed by atoms with Gasteiger partial charge in [0.15, 0.2) is 0 Å². The quantitative estimate of drug-likeness (QED) is 0.385. The smallest absolute Gasteiger partial charge is 0.414 e. The van der Waals surface area contributed by atoms with Crippen molar-refractivity contribution in [1.82, 2.24) is 5.32 Å². The van der Waals surface area contributed by atoms with Gasteiger partial charge in [0.1, 0.15) is 6.61 Å². The normalized spacial score (nSPS) is 10.7. The molecular formula is C19H37ClNO3P. The first-order valence-electron chi connectivity index (χ1n) is 9.39. The van der Waals surface area contributed by atoms with Crippen LogP contribution in [-0.4, -0.2) is 43.3 Å². The molecular weight excluding hydrogens is 357 g/mol. The molecule has 0 saturated heterocycles. The summed E-state index contributed by atoms with van der Waals surface area (Å²) in [6.45, 7) is 12.2. The summed E-state index contributed by atoms with van der Waals surface area (Å²) in [4.78, 5) is 23.1. The van der Waals surface area contributed by atoms with E-state index in [0.29, 0.717) is 12.2 Å². The van der Waals surface area contributed by atoms with Crippen molar-refractivity contribution in [2.75, 3.05) is 31.3 Å². The summed E-state index contributed by atoms with van der Waals surface area (Å²) < 4.78 is 5.27. The molecule has 0 bridgehead atoms. The summed E-state index contributed by atoms with van der Waals surface area (Å²) in [5.74, 6) is -0.469. The summed E-state index contributed by atoms with van der Waals surface area (Å²) in [5, 5.41) is 2.21. The van der Waals surface area contributed by atoms with E-state index >= 15 is 0 Å². The highest BCUT2D eigenvalue weighted by Crippen LogP contribution is 2.60. The number of carbonyl (C=O) groups excluding carboxylic acids is 2. The van der Waals surface area contributed by atoms with Gasteiger partial charge >= 0.3 is 6.09 Å². The number of rotatable bonds is 13. The minimum Gasteiger partial charge on any atom is -1.00 e. The van der Waals surface area contributed by atoms with Crippen molar-refractivity contribution >= 4 is 19.3 Å². The molecule has 0 aliphatic carbocycles. The van der Waals surface area contributed by atoms with Gasteiger partial charge in [-0.2, -0.15) is 0 Å². The van der Waals surface area contributed by atoms with Crippen molar-refractivity contribution in [2.24, 2.45) is 0 Å². The zero-order chi connectivity index (χ0) is 18.4. The lowest BCUT2D eigenvalue weighted by Crippen LogP contribution is -3.00. The van der Waals surface area contributed by atoms with E-state index in [0.717, 1.165) is 6.16 Å². The van der Waals surface area contributed by atoms with Crippen LogP contribution < -0.4 is 17.7 Å². The highest BCUT2D eigenvalue weighted by Gasteiger charge is 2.35. The lowest BCUT2D eigenvalue weighted by atomic mass is 10.3.